The fraction of sp³-hybridized carbons (Fsp3) is 0.312. The van der Waals surface area contributed by atoms with Crippen LogP contribution in [0.5, 0.6) is 0 Å². The smallest absolute Gasteiger partial charge is 0.356 e. The van der Waals surface area contributed by atoms with Crippen LogP contribution in [0.1, 0.15) is 48.6 Å². The highest BCUT2D eigenvalue weighted by Crippen LogP contribution is 2.24. The van der Waals surface area contributed by atoms with Gasteiger partial charge in [0.1, 0.15) is 5.82 Å². The second kappa shape index (κ2) is 6.35. The van der Waals surface area contributed by atoms with Crippen molar-refractivity contribution in [1.82, 2.24) is 9.97 Å². The summed E-state index contributed by atoms with van der Waals surface area (Å²) < 4.78 is 0. The third kappa shape index (κ3) is 3.37. The SMILES string of the molecule is CCc1ccccc1Nc1cnc(C(C)C)nc1C(=O)O. The quantitative estimate of drug-likeness (QED) is 0.877. The minimum atomic E-state index is -1.06. The van der Waals surface area contributed by atoms with E-state index in [2.05, 4.69) is 22.2 Å². The van der Waals surface area contributed by atoms with Crippen molar-refractivity contribution in [3.8, 4) is 0 Å². The van der Waals surface area contributed by atoms with Crippen molar-refractivity contribution in [3.63, 3.8) is 0 Å². The van der Waals surface area contributed by atoms with Crippen LogP contribution < -0.4 is 5.32 Å². The first-order valence-corrected chi connectivity index (χ1v) is 6.98. The number of anilines is 2. The molecule has 0 aliphatic rings. The number of carboxylic acid groups (broad SMARTS) is 1. The lowest BCUT2D eigenvalue weighted by atomic mass is 10.1. The van der Waals surface area contributed by atoms with Gasteiger partial charge in [0.25, 0.3) is 0 Å². The van der Waals surface area contributed by atoms with Crippen LogP contribution in [0.25, 0.3) is 0 Å². The normalized spacial score (nSPS) is 10.7. The van der Waals surface area contributed by atoms with Crippen molar-refractivity contribution in [2.45, 2.75) is 33.1 Å². The number of nitrogens with one attached hydrogen (secondary N) is 1. The Kier molecular flexibility index (Phi) is 4.52. The molecule has 110 valence electrons. The van der Waals surface area contributed by atoms with E-state index in [0.717, 1.165) is 17.7 Å². The molecule has 0 aliphatic carbocycles. The predicted molar refractivity (Wildman–Crippen MR) is 82.2 cm³/mol. The van der Waals surface area contributed by atoms with E-state index in [0.29, 0.717) is 11.5 Å². The average Bonchev–Trinajstić information content (AvgIpc) is 2.47. The van der Waals surface area contributed by atoms with Crippen LogP contribution >= 0.6 is 0 Å². The second-order valence-corrected chi connectivity index (χ2v) is 5.09. The minimum Gasteiger partial charge on any atom is -0.476 e. The van der Waals surface area contributed by atoms with Gasteiger partial charge in [-0.3, -0.25) is 0 Å². The molecule has 0 bridgehead atoms. The number of aromatic nitrogens is 2. The van der Waals surface area contributed by atoms with E-state index in [1.54, 1.807) is 0 Å². The molecule has 0 saturated heterocycles. The Bertz CT molecular complexity index is 654. The molecule has 0 atom stereocenters. The van der Waals surface area contributed by atoms with Gasteiger partial charge in [-0.15, -0.1) is 0 Å². The molecule has 2 N–H and O–H groups in total. The lowest BCUT2D eigenvalue weighted by molar-refractivity contribution is 0.0691. The summed E-state index contributed by atoms with van der Waals surface area (Å²) in [4.78, 5) is 19.8. The zero-order valence-electron chi connectivity index (χ0n) is 12.4. The molecule has 0 fully saturated rings. The minimum absolute atomic E-state index is 0.000365. The fourth-order valence-electron chi connectivity index (χ4n) is 2.02. The number of aromatic carboxylic acids is 1. The third-order valence-electron chi connectivity index (χ3n) is 3.19. The second-order valence-electron chi connectivity index (χ2n) is 5.09. The molecule has 1 aromatic carbocycles. The van der Waals surface area contributed by atoms with Gasteiger partial charge in [0.15, 0.2) is 5.69 Å². The maximum Gasteiger partial charge on any atom is 0.356 e. The van der Waals surface area contributed by atoms with E-state index in [1.807, 2.05) is 38.1 Å². The monoisotopic (exact) mass is 285 g/mol. The van der Waals surface area contributed by atoms with E-state index in [-0.39, 0.29) is 11.6 Å². The van der Waals surface area contributed by atoms with Crippen molar-refractivity contribution >= 4 is 17.3 Å². The Morgan fingerprint density at radius 3 is 2.62 bits per heavy atom. The van der Waals surface area contributed by atoms with Crippen LogP contribution in [-0.4, -0.2) is 21.0 Å². The summed E-state index contributed by atoms with van der Waals surface area (Å²) in [5, 5.41) is 12.5. The van der Waals surface area contributed by atoms with E-state index in [4.69, 9.17) is 0 Å². The van der Waals surface area contributed by atoms with Gasteiger partial charge in [-0.25, -0.2) is 14.8 Å². The Morgan fingerprint density at radius 2 is 2.00 bits per heavy atom. The molecule has 0 amide bonds. The van der Waals surface area contributed by atoms with Crippen molar-refractivity contribution in [1.29, 1.82) is 0 Å². The Morgan fingerprint density at radius 1 is 1.29 bits per heavy atom. The molecule has 1 aromatic heterocycles. The van der Waals surface area contributed by atoms with Crippen LogP contribution in [0.15, 0.2) is 30.5 Å². The number of benzene rings is 1. The van der Waals surface area contributed by atoms with Crippen molar-refractivity contribution < 1.29 is 9.90 Å². The largest absolute Gasteiger partial charge is 0.476 e. The number of carbonyl (C=O) groups is 1. The van der Waals surface area contributed by atoms with Gasteiger partial charge in [0, 0.05) is 11.6 Å². The molecule has 5 nitrogen and oxygen atoms in total. The molecular weight excluding hydrogens is 266 g/mol. The van der Waals surface area contributed by atoms with Gasteiger partial charge in [-0.05, 0) is 18.1 Å². The Balaban J connectivity index is 2.42. The maximum atomic E-state index is 11.4. The topological polar surface area (TPSA) is 75.1 Å². The Hall–Kier alpha value is -2.43. The molecule has 0 unspecified atom stereocenters. The summed E-state index contributed by atoms with van der Waals surface area (Å²) in [5.74, 6) is -0.447. The molecule has 2 rings (SSSR count). The fourth-order valence-corrected chi connectivity index (χ4v) is 2.02. The van der Waals surface area contributed by atoms with Crippen LogP contribution in [0, 0.1) is 0 Å². The van der Waals surface area contributed by atoms with Gasteiger partial charge < -0.3 is 10.4 Å². The molecular formula is C16H19N3O2. The van der Waals surface area contributed by atoms with Crippen LogP contribution in [-0.2, 0) is 6.42 Å². The average molecular weight is 285 g/mol. The van der Waals surface area contributed by atoms with Crippen LogP contribution in [0.2, 0.25) is 0 Å². The van der Waals surface area contributed by atoms with Crippen molar-refractivity contribution in [2.75, 3.05) is 5.32 Å². The first-order chi connectivity index (χ1) is 10.0. The van der Waals surface area contributed by atoms with E-state index in [1.165, 1.54) is 6.20 Å². The number of carboxylic acids is 1. The molecule has 0 aliphatic heterocycles. The first kappa shape index (κ1) is 15.0. The number of hydrogen-bond acceptors (Lipinski definition) is 4. The summed E-state index contributed by atoms with van der Waals surface area (Å²) in [6.45, 7) is 5.91. The van der Waals surface area contributed by atoms with Gasteiger partial charge in [0.05, 0.1) is 11.9 Å². The van der Waals surface area contributed by atoms with Crippen LogP contribution in [0.4, 0.5) is 11.4 Å². The van der Waals surface area contributed by atoms with E-state index >= 15 is 0 Å². The molecule has 5 heteroatoms. The lowest BCUT2D eigenvalue weighted by Gasteiger charge is -2.13. The molecule has 0 saturated carbocycles. The molecule has 1 heterocycles. The highest BCUT2D eigenvalue weighted by molar-refractivity contribution is 5.92. The molecule has 0 spiro atoms. The highest BCUT2D eigenvalue weighted by Gasteiger charge is 2.16. The van der Waals surface area contributed by atoms with E-state index in [9.17, 15) is 9.90 Å². The maximum absolute atomic E-state index is 11.4. The molecule has 2 aromatic rings. The summed E-state index contributed by atoms with van der Waals surface area (Å²) in [6, 6.07) is 7.79. The summed E-state index contributed by atoms with van der Waals surface area (Å²) in [7, 11) is 0. The zero-order chi connectivity index (χ0) is 15.4. The summed E-state index contributed by atoms with van der Waals surface area (Å²) in [5.41, 5.74) is 2.40. The predicted octanol–water partition coefficient (Wildman–Crippen LogP) is 3.60. The van der Waals surface area contributed by atoms with Gasteiger partial charge >= 0.3 is 5.97 Å². The Labute approximate surface area is 124 Å². The highest BCUT2D eigenvalue weighted by atomic mass is 16.4. The number of rotatable bonds is 5. The summed E-state index contributed by atoms with van der Waals surface area (Å²) in [6.07, 6.45) is 2.40. The first-order valence-electron chi connectivity index (χ1n) is 6.98. The third-order valence-corrected chi connectivity index (χ3v) is 3.19. The molecule has 21 heavy (non-hydrogen) atoms. The molecule has 0 radical (unpaired) electrons. The van der Waals surface area contributed by atoms with Gasteiger partial charge in [-0.2, -0.15) is 0 Å². The zero-order valence-corrected chi connectivity index (χ0v) is 12.4. The van der Waals surface area contributed by atoms with Gasteiger partial charge in [-0.1, -0.05) is 39.0 Å². The number of nitrogens with zero attached hydrogens (tertiary/aromatic N) is 2. The summed E-state index contributed by atoms with van der Waals surface area (Å²) >= 11 is 0. The lowest BCUT2D eigenvalue weighted by Crippen LogP contribution is -2.10. The number of aryl methyl sites for hydroxylation is 1. The van der Waals surface area contributed by atoms with Crippen molar-refractivity contribution in [2.24, 2.45) is 0 Å². The number of para-hydroxylation sites is 1. The van der Waals surface area contributed by atoms with Gasteiger partial charge in [0.2, 0.25) is 0 Å². The van der Waals surface area contributed by atoms with E-state index < -0.39 is 5.97 Å². The number of hydrogen-bond donors (Lipinski definition) is 2. The van der Waals surface area contributed by atoms with Crippen molar-refractivity contribution in [3.05, 3.63) is 47.5 Å². The standard InChI is InChI=1S/C16H19N3O2/c1-4-11-7-5-6-8-12(11)18-13-9-17-15(10(2)3)19-14(13)16(20)21/h5-10,18H,4H2,1-3H3,(H,20,21). The van der Waals surface area contributed by atoms with Crippen LogP contribution in [0.3, 0.4) is 0 Å².